The third-order valence-electron chi connectivity index (χ3n) is 5.70. The molecule has 1 aliphatic rings. The van der Waals surface area contributed by atoms with Crippen molar-refractivity contribution in [2.45, 2.75) is 23.7 Å². The Hall–Kier alpha value is -3.11. The van der Waals surface area contributed by atoms with Crippen LogP contribution in [-0.4, -0.2) is 54.4 Å². The number of ether oxygens (including phenoxy) is 2. The summed E-state index contributed by atoms with van der Waals surface area (Å²) in [6.07, 6.45) is 1.39. The van der Waals surface area contributed by atoms with Gasteiger partial charge in [-0.3, -0.25) is 0 Å². The smallest absolute Gasteiger partial charge is 0.350 e. The summed E-state index contributed by atoms with van der Waals surface area (Å²) in [5.74, 6) is 1.07. The molecule has 0 saturated carbocycles. The van der Waals surface area contributed by atoms with Crippen molar-refractivity contribution in [2.75, 3.05) is 27.3 Å². The van der Waals surface area contributed by atoms with Crippen LogP contribution in [0.2, 0.25) is 0 Å². The van der Waals surface area contributed by atoms with Crippen molar-refractivity contribution in [1.82, 2.24) is 18.7 Å². The summed E-state index contributed by atoms with van der Waals surface area (Å²) in [6.45, 7) is 0.608. The lowest BCUT2D eigenvalue weighted by Crippen LogP contribution is -2.40. The largest absolute Gasteiger partial charge is 0.497 e. The average molecular weight is 459 g/mol. The molecule has 0 bridgehead atoms. The molecule has 1 aliphatic heterocycles. The van der Waals surface area contributed by atoms with Gasteiger partial charge in [-0.2, -0.15) is 9.40 Å². The molecule has 2 aromatic carbocycles. The molecule has 0 aliphatic carbocycles. The molecule has 0 spiro atoms. The predicted octanol–water partition coefficient (Wildman–Crippen LogP) is 2.16. The fourth-order valence-corrected chi connectivity index (χ4v) is 5.73. The van der Waals surface area contributed by atoms with E-state index in [4.69, 9.17) is 9.47 Å². The van der Waals surface area contributed by atoms with Gasteiger partial charge in [0.1, 0.15) is 22.2 Å². The Morgan fingerprint density at radius 3 is 2.50 bits per heavy atom. The number of aryl methyl sites for hydroxylation is 1. The van der Waals surface area contributed by atoms with Gasteiger partial charge >= 0.3 is 5.69 Å². The second-order valence-corrected chi connectivity index (χ2v) is 9.56. The number of rotatable bonds is 6. The van der Waals surface area contributed by atoms with Gasteiger partial charge < -0.3 is 9.47 Å². The Kier molecular flexibility index (Phi) is 6.07. The van der Waals surface area contributed by atoms with E-state index < -0.39 is 10.0 Å². The van der Waals surface area contributed by atoms with E-state index in [1.54, 1.807) is 23.7 Å². The molecule has 3 aromatic rings. The molecule has 1 atom stereocenters. The second-order valence-electron chi connectivity index (χ2n) is 7.65. The number of nitrogens with zero attached hydrogens (tertiary/aromatic N) is 4. The van der Waals surface area contributed by atoms with Gasteiger partial charge in [0.15, 0.2) is 0 Å². The van der Waals surface area contributed by atoms with Crippen LogP contribution in [0.5, 0.6) is 11.5 Å². The van der Waals surface area contributed by atoms with Crippen LogP contribution in [0.3, 0.4) is 0 Å². The van der Waals surface area contributed by atoms with Crippen LogP contribution in [0.15, 0.2) is 58.2 Å². The van der Waals surface area contributed by atoms with Crippen LogP contribution in [0.4, 0.5) is 0 Å². The van der Waals surface area contributed by atoms with E-state index in [1.807, 2.05) is 30.3 Å². The normalized spacial score (nSPS) is 17.3. The second kappa shape index (κ2) is 8.79. The molecule has 0 amide bonds. The Balaban J connectivity index is 1.70. The fraction of sp³-hybridized carbons (Fsp3) is 0.364. The molecule has 1 saturated heterocycles. The first-order chi connectivity index (χ1) is 15.4. The highest BCUT2D eigenvalue weighted by Crippen LogP contribution is 2.34. The van der Waals surface area contributed by atoms with Crippen molar-refractivity contribution < 1.29 is 17.9 Å². The van der Waals surface area contributed by atoms with E-state index in [1.165, 1.54) is 29.3 Å². The fourth-order valence-electron chi connectivity index (χ4n) is 4.07. The maximum atomic E-state index is 13.5. The highest BCUT2D eigenvalue weighted by molar-refractivity contribution is 7.89. The SMILES string of the molecule is COc1ccc(S(=O)(=O)N2CCCC(c3nn(C)c(=O)n3-c3ccccc3)C2)c(OC)c1. The lowest BCUT2D eigenvalue weighted by molar-refractivity contribution is 0.305. The van der Waals surface area contributed by atoms with Crippen LogP contribution in [0.1, 0.15) is 24.6 Å². The minimum Gasteiger partial charge on any atom is -0.497 e. The zero-order chi connectivity index (χ0) is 22.9. The van der Waals surface area contributed by atoms with Crippen molar-refractivity contribution >= 4 is 10.0 Å². The predicted molar refractivity (Wildman–Crippen MR) is 119 cm³/mol. The standard InChI is InChI=1S/C22H26N4O5S/c1-24-22(27)26(17-9-5-4-6-10-17)21(23-24)16-8-7-13-25(15-16)32(28,29)20-12-11-18(30-2)14-19(20)31-3/h4-6,9-12,14,16H,7-8,13,15H2,1-3H3. The van der Waals surface area contributed by atoms with Gasteiger partial charge in [-0.05, 0) is 37.1 Å². The molecule has 1 aromatic heterocycles. The van der Waals surface area contributed by atoms with Crippen LogP contribution in [-0.2, 0) is 17.1 Å². The van der Waals surface area contributed by atoms with Gasteiger partial charge in [-0.1, -0.05) is 18.2 Å². The van der Waals surface area contributed by atoms with Crippen molar-refractivity contribution in [3.8, 4) is 17.2 Å². The number of sulfonamides is 1. The third-order valence-corrected chi connectivity index (χ3v) is 7.61. The first kappa shape index (κ1) is 22.1. The average Bonchev–Trinajstić information content (AvgIpc) is 3.13. The van der Waals surface area contributed by atoms with Crippen LogP contribution in [0.25, 0.3) is 5.69 Å². The lowest BCUT2D eigenvalue weighted by atomic mass is 9.98. The van der Waals surface area contributed by atoms with Gasteiger partial charge in [-0.15, -0.1) is 0 Å². The number of methoxy groups -OCH3 is 2. The summed E-state index contributed by atoms with van der Waals surface area (Å²) >= 11 is 0. The summed E-state index contributed by atoms with van der Waals surface area (Å²) in [5.41, 5.74) is 0.445. The molecule has 170 valence electrons. The van der Waals surface area contributed by atoms with E-state index >= 15 is 0 Å². The molecular formula is C22H26N4O5S. The Morgan fingerprint density at radius 1 is 1.06 bits per heavy atom. The van der Waals surface area contributed by atoms with E-state index in [-0.39, 0.29) is 28.8 Å². The first-order valence-corrected chi connectivity index (χ1v) is 11.7. The van der Waals surface area contributed by atoms with Gasteiger partial charge in [0.2, 0.25) is 10.0 Å². The molecule has 1 fully saturated rings. The van der Waals surface area contributed by atoms with E-state index in [0.717, 1.165) is 6.42 Å². The molecule has 2 heterocycles. The zero-order valence-corrected chi connectivity index (χ0v) is 19.1. The van der Waals surface area contributed by atoms with Gasteiger partial charge in [0.05, 0.1) is 19.9 Å². The lowest BCUT2D eigenvalue weighted by Gasteiger charge is -2.31. The summed E-state index contributed by atoms with van der Waals surface area (Å²) in [4.78, 5) is 12.9. The van der Waals surface area contributed by atoms with Crippen LogP contribution in [0, 0.1) is 0 Å². The number of piperidine rings is 1. The summed E-state index contributed by atoms with van der Waals surface area (Å²) in [5, 5.41) is 4.46. The van der Waals surface area contributed by atoms with Crippen molar-refractivity contribution in [3.63, 3.8) is 0 Å². The first-order valence-electron chi connectivity index (χ1n) is 10.3. The Morgan fingerprint density at radius 2 is 1.81 bits per heavy atom. The van der Waals surface area contributed by atoms with Crippen molar-refractivity contribution in [2.24, 2.45) is 7.05 Å². The van der Waals surface area contributed by atoms with Crippen molar-refractivity contribution in [1.29, 1.82) is 0 Å². The van der Waals surface area contributed by atoms with Crippen molar-refractivity contribution in [3.05, 3.63) is 64.8 Å². The molecule has 10 heteroatoms. The summed E-state index contributed by atoms with van der Waals surface area (Å²) < 4.78 is 41.8. The molecule has 0 radical (unpaired) electrons. The number of hydrogen-bond donors (Lipinski definition) is 0. The monoisotopic (exact) mass is 458 g/mol. The van der Waals surface area contributed by atoms with E-state index in [9.17, 15) is 13.2 Å². The number of para-hydroxylation sites is 1. The minimum absolute atomic E-state index is 0.0860. The minimum atomic E-state index is -3.82. The highest BCUT2D eigenvalue weighted by atomic mass is 32.2. The van der Waals surface area contributed by atoms with Crippen LogP contribution < -0.4 is 15.2 Å². The summed E-state index contributed by atoms with van der Waals surface area (Å²) in [7, 11) is 0.722. The molecule has 0 N–H and O–H groups in total. The molecule has 4 rings (SSSR count). The molecule has 9 nitrogen and oxygen atoms in total. The topological polar surface area (TPSA) is 95.7 Å². The van der Waals surface area contributed by atoms with E-state index in [0.29, 0.717) is 30.2 Å². The van der Waals surface area contributed by atoms with E-state index in [2.05, 4.69) is 5.10 Å². The number of hydrogen-bond acceptors (Lipinski definition) is 6. The van der Waals surface area contributed by atoms with Gasteiger partial charge in [0, 0.05) is 32.1 Å². The molecule has 1 unspecified atom stereocenters. The Labute approximate surface area is 186 Å². The third kappa shape index (κ3) is 3.91. The quantitative estimate of drug-likeness (QED) is 0.562. The number of aromatic nitrogens is 3. The number of benzene rings is 2. The summed E-state index contributed by atoms with van der Waals surface area (Å²) in [6, 6.07) is 13.9. The van der Waals surface area contributed by atoms with Gasteiger partial charge in [0.25, 0.3) is 0 Å². The van der Waals surface area contributed by atoms with Gasteiger partial charge in [-0.25, -0.2) is 22.5 Å². The molecule has 32 heavy (non-hydrogen) atoms. The zero-order valence-electron chi connectivity index (χ0n) is 18.3. The highest BCUT2D eigenvalue weighted by Gasteiger charge is 2.35. The molecular weight excluding hydrogens is 432 g/mol. The van der Waals surface area contributed by atoms with Crippen LogP contribution >= 0.6 is 0 Å². The Bertz CT molecular complexity index is 1270. The maximum absolute atomic E-state index is 13.5. The maximum Gasteiger partial charge on any atom is 0.350 e.